The van der Waals surface area contributed by atoms with E-state index in [1.54, 1.807) is 11.6 Å². The average Bonchev–Trinajstić information content (AvgIpc) is 3.71. The molecule has 2 aliphatic heterocycles. The quantitative estimate of drug-likeness (QED) is 0.283. The van der Waals surface area contributed by atoms with Gasteiger partial charge in [0.05, 0.1) is 35.3 Å². The standard InChI is InChI=1S/C30H38F3N11O2S/c1-4-41-11-13-42(14-12-41)18-24-5-6-26(21(2)37-24)44-17-22(15-36-44)28-25(30(31,32)33)16-34-29(39-28)38-23-7-9-43(10-8-23)47(45,46)27-19-40(3)20-35-27/h5-6,15-17,19-20,23H,4,7-14,18H2,1-3H3,(H,34,38,39). The smallest absolute Gasteiger partial charge is 0.351 e. The van der Waals surface area contributed by atoms with Crippen LogP contribution in [0.1, 0.15) is 36.7 Å². The van der Waals surface area contributed by atoms with E-state index in [4.69, 9.17) is 4.98 Å². The summed E-state index contributed by atoms with van der Waals surface area (Å²) in [6, 6.07) is 3.58. The number of piperazine rings is 1. The zero-order valence-corrected chi connectivity index (χ0v) is 27.3. The van der Waals surface area contributed by atoms with Crippen LogP contribution in [0, 0.1) is 6.92 Å². The van der Waals surface area contributed by atoms with Crippen LogP contribution < -0.4 is 5.32 Å². The van der Waals surface area contributed by atoms with Crippen LogP contribution in [0.25, 0.3) is 16.9 Å². The maximum absolute atomic E-state index is 14.1. The molecule has 4 aromatic rings. The number of piperidine rings is 1. The third-order valence-corrected chi connectivity index (χ3v) is 10.5. The van der Waals surface area contributed by atoms with Crippen molar-refractivity contribution in [2.45, 2.75) is 50.5 Å². The lowest BCUT2D eigenvalue weighted by Gasteiger charge is -2.33. The van der Waals surface area contributed by atoms with Gasteiger partial charge in [-0.15, -0.1) is 0 Å². The van der Waals surface area contributed by atoms with Crippen LogP contribution in [0.4, 0.5) is 19.1 Å². The van der Waals surface area contributed by atoms with Gasteiger partial charge in [-0.2, -0.15) is 22.6 Å². The first-order valence-corrected chi connectivity index (χ1v) is 17.0. The minimum Gasteiger partial charge on any atom is -0.351 e. The lowest BCUT2D eigenvalue weighted by molar-refractivity contribution is -0.137. The summed E-state index contributed by atoms with van der Waals surface area (Å²) in [4.78, 5) is 21.7. The Morgan fingerprint density at radius 3 is 2.32 bits per heavy atom. The van der Waals surface area contributed by atoms with Crippen LogP contribution in [0.15, 0.2) is 48.3 Å². The van der Waals surface area contributed by atoms with E-state index in [0.717, 1.165) is 51.2 Å². The fourth-order valence-corrected chi connectivity index (χ4v) is 7.40. The molecule has 252 valence electrons. The highest BCUT2D eigenvalue weighted by molar-refractivity contribution is 7.89. The molecule has 0 atom stereocenters. The average molecular weight is 674 g/mol. The molecule has 2 saturated heterocycles. The second-order valence-electron chi connectivity index (χ2n) is 11.9. The van der Waals surface area contributed by atoms with Crippen LogP contribution in [0.5, 0.6) is 0 Å². The van der Waals surface area contributed by atoms with E-state index >= 15 is 0 Å². The summed E-state index contributed by atoms with van der Waals surface area (Å²) in [7, 11) is -2.05. The number of halogens is 3. The van der Waals surface area contributed by atoms with Gasteiger partial charge in [0.1, 0.15) is 5.56 Å². The van der Waals surface area contributed by atoms with Gasteiger partial charge in [0, 0.05) is 83.1 Å². The third-order valence-electron chi connectivity index (χ3n) is 8.68. The minimum absolute atomic E-state index is 0.0220. The Morgan fingerprint density at radius 1 is 0.957 bits per heavy atom. The van der Waals surface area contributed by atoms with Gasteiger partial charge in [-0.3, -0.25) is 9.88 Å². The summed E-state index contributed by atoms with van der Waals surface area (Å²) >= 11 is 0. The second-order valence-corrected chi connectivity index (χ2v) is 13.8. The van der Waals surface area contributed by atoms with Crippen LogP contribution >= 0.6 is 0 Å². The van der Waals surface area contributed by atoms with Crippen molar-refractivity contribution in [1.82, 2.24) is 48.4 Å². The summed E-state index contributed by atoms with van der Waals surface area (Å²) in [6.07, 6.45) is 2.65. The number of sulfonamides is 1. The van der Waals surface area contributed by atoms with Crippen molar-refractivity contribution in [2.75, 3.05) is 51.1 Å². The first-order valence-electron chi connectivity index (χ1n) is 15.6. The Labute approximate surface area is 271 Å². The molecule has 47 heavy (non-hydrogen) atoms. The molecular formula is C30H38F3N11O2S. The SMILES string of the molecule is CCN1CCN(Cc2ccc(-n3cc(-c4nc(NC5CCN(S(=O)(=O)c6cn(C)cn6)CC5)ncc4C(F)(F)F)cn3)c(C)n2)CC1. The topological polar surface area (TPSA) is 130 Å². The maximum atomic E-state index is 14.1. The van der Waals surface area contributed by atoms with E-state index in [-0.39, 0.29) is 41.4 Å². The molecule has 4 aromatic heterocycles. The fourth-order valence-electron chi connectivity index (χ4n) is 5.96. The number of nitrogens with one attached hydrogen (secondary N) is 1. The Hall–Kier alpha value is -3.93. The van der Waals surface area contributed by atoms with Gasteiger partial charge in [-0.1, -0.05) is 6.92 Å². The number of alkyl halides is 3. The number of imidazole rings is 1. The van der Waals surface area contributed by atoms with E-state index < -0.39 is 21.8 Å². The third kappa shape index (κ3) is 7.32. The maximum Gasteiger partial charge on any atom is 0.419 e. The molecule has 2 aliphatic rings. The van der Waals surface area contributed by atoms with Crippen LogP contribution in [0.3, 0.4) is 0 Å². The van der Waals surface area contributed by atoms with Crippen molar-refractivity contribution in [3.8, 4) is 16.9 Å². The Kier molecular flexibility index (Phi) is 9.33. The zero-order valence-electron chi connectivity index (χ0n) is 26.5. The van der Waals surface area contributed by atoms with Crippen molar-refractivity contribution in [2.24, 2.45) is 7.05 Å². The van der Waals surface area contributed by atoms with Gasteiger partial charge in [0.2, 0.25) is 5.95 Å². The predicted molar refractivity (Wildman–Crippen MR) is 168 cm³/mol. The number of likely N-dealkylation sites (N-methyl/N-ethyl adjacent to an activating group) is 1. The summed E-state index contributed by atoms with van der Waals surface area (Å²) in [5.41, 5.74) is 1.19. The molecule has 0 saturated carbocycles. The van der Waals surface area contributed by atoms with Crippen LogP contribution in [0.2, 0.25) is 0 Å². The number of aromatic nitrogens is 7. The van der Waals surface area contributed by atoms with Gasteiger partial charge in [-0.05, 0) is 38.4 Å². The molecule has 1 N–H and O–H groups in total. The second kappa shape index (κ2) is 13.3. The van der Waals surface area contributed by atoms with Crippen molar-refractivity contribution in [3.05, 3.63) is 60.2 Å². The molecule has 0 aliphatic carbocycles. The molecule has 0 aromatic carbocycles. The fraction of sp³-hybridized carbons (Fsp3) is 0.500. The Morgan fingerprint density at radius 2 is 1.68 bits per heavy atom. The highest BCUT2D eigenvalue weighted by Crippen LogP contribution is 2.36. The molecule has 0 radical (unpaired) electrons. The van der Waals surface area contributed by atoms with Gasteiger partial charge in [0.15, 0.2) is 5.03 Å². The lowest BCUT2D eigenvalue weighted by atomic mass is 10.1. The Bertz CT molecular complexity index is 1810. The molecule has 0 amide bonds. The lowest BCUT2D eigenvalue weighted by Crippen LogP contribution is -2.45. The van der Waals surface area contributed by atoms with E-state index in [9.17, 15) is 21.6 Å². The summed E-state index contributed by atoms with van der Waals surface area (Å²) in [5, 5.41) is 7.44. The molecule has 2 fully saturated rings. The summed E-state index contributed by atoms with van der Waals surface area (Å²) in [6.45, 7) is 10.2. The minimum atomic E-state index is -4.69. The number of hydrogen-bond acceptors (Lipinski definition) is 10. The number of rotatable bonds is 9. The van der Waals surface area contributed by atoms with E-state index in [0.29, 0.717) is 24.2 Å². The first-order chi connectivity index (χ1) is 22.4. The number of hydrogen-bond donors (Lipinski definition) is 1. The highest BCUT2D eigenvalue weighted by Gasteiger charge is 2.36. The van der Waals surface area contributed by atoms with Crippen LogP contribution in [-0.2, 0) is 29.8 Å². The first kappa shape index (κ1) is 33.0. The van der Waals surface area contributed by atoms with Crippen molar-refractivity contribution < 1.29 is 21.6 Å². The van der Waals surface area contributed by atoms with Gasteiger partial charge in [0.25, 0.3) is 10.0 Å². The molecule has 0 spiro atoms. The summed E-state index contributed by atoms with van der Waals surface area (Å²) in [5.74, 6) is 0.0220. The number of pyridine rings is 1. The van der Waals surface area contributed by atoms with Gasteiger partial charge >= 0.3 is 6.18 Å². The van der Waals surface area contributed by atoms with Crippen molar-refractivity contribution >= 4 is 16.0 Å². The highest BCUT2D eigenvalue weighted by atomic mass is 32.2. The Balaban J connectivity index is 1.16. The number of nitrogens with zero attached hydrogens (tertiary/aromatic N) is 10. The molecule has 0 bridgehead atoms. The molecule has 0 unspecified atom stereocenters. The molecule has 6 rings (SSSR count). The van der Waals surface area contributed by atoms with Crippen molar-refractivity contribution in [3.63, 3.8) is 0 Å². The predicted octanol–water partition coefficient (Wildman–Crippen LogP) is 3.19. The number of anilines is 1. The summed E-state index contributed by atoms with van der Waals surface area (Å²) < 4.78 is 72.5. The normalized spacial score (nSPS) is 17.7. The molecule has 13 nitrogen and oxygen atoms in total. The van der Waals surface area contributed by atoms with E-state index in [2.05, 4.69) is 42.1 Å². The van der Waals surface area contributed by atoms with E-state index in [1.165, 1.54) is 33.9 Å². The largest absolute Gasteiger partial charge is 0.419 e. The van der Waals surface area contributed by atoms with Crippen LogP contribution in [-0.4, -0.2) is 109 Å². The van der Waals surface area contributed by atoms with Gasteiger partial charge < -0.3 is 14.8 Å². The number of aryl methyl sites for hydroxylation is 2. The molecule has 17 heteroatoms. The molecular weight excluding hydrogens is 635 g/mol. The van der Waals surface area contributed by atoms with Crippen molar-refractivity contribution in [1.29, 1.82) is 0 Å². The zero-order chi connectivity index (χ0) is 33.3. The monoisotopic (exact) mass is 673 g/mol. The van der Waals surface area contributed by atoms with E-state index in [1.807, 2.05) is 19.1 Å². The van der Waals surface area contributed by atoms with Gasteiger partial charge in [-0.25, -0.2) is 28.1 Å². The molecule has 6 heterocycles.